The van der Waals surface area contributed by atoms with Crippen molar-refractivity contribution in [2.45, 2.75) is 69.4 Å². The largest absolute Gasteiger partial charge is 0.507 e. The third-order valence-corrected chi connectivity index (χ3v) is 7.83. The summed E-state index contributed by atoms with van der Waals surface area (Å²) in [7, 11) is 0. The van der Waals surface area contributed by atoms with E-state index in [9.17, 15) is 39.9 Å². The molecule has 0 spiro atoms. The summed E-state index contributed by atoms with van der Waals surface area (Å²) in [5.74, 6) is -3.60. The van der Waals surface area contributed by atoms with Crippen LogP contribution in [0.1, 0.15) is 74.4 Å². The molecule has 2 aromatic rings. The van der Waals surface area contributed by atoms with Gasteiger partial charge in [0.05, 0.1) is 29.4 Å². The molecule has 5 rings (SSSR count). The summed E-state index contributed by atoms with van der Waals surface area (Å²) < 4.78 is 11.7. The number of ether oxygens (including phenoxy) is 2. The van der Waals surface area contributed by atoms with Crippen LogP contribution < -0.4 is 5.73 Å². The maximum Gasteiger partial charge on any atom is 0.198 e. The highest BCUT2D eigenvalue weighted by atomic mass is 16.7. The highest BCUT2D eigenvalue weighted by molar-refractivity contribution is 6.31. The van der Waals surface area contributed by atoms with Gasteiger partial charge in [-0.15, -0.1) is 0 Å². The maximum absolute atomic E-state index is 13.6. The van der Waals surface area contributed by atoms with Gasteiger partial charge in [-0.1, -0.05) is 18.2 Å². The number of aryl methyl sites for hydroxylation is 1. The van der Waals surface area contributed by atoms with Crippen molar-refractivity contribution in [1.29, 1.82) is 0 Å². The van der Waals surface area contributed by atoms with Crippen molar-refractivity contribution in [3.63, 3.8) is 0 Å². The SMILES string of the molecule is Cc1cccc2c1C(=O)c1c(O)c3c(c(O)c1C2=O)C[C@@](O)(C(=O)CO)C[C@@H]3OC1CC(N)C(O)C(C)O1. The number of aromatic hydroxyl groups is 2. The highest BCUT2D eigenvalue weighted by Crippen LogP contribution is 2.52. The molecule has 6 atom stereocenters. The lowest BCUT2D eigenvalue weighted by atomic mass is 9.71. The number of nitrogens with two attached hydrogens (primary N) is 1. The van der Waals surface area contributed by atoms with Gasteiger partial charge in [0.2, 0.25) is 0 Å². The van der Waals surface area contributed by atoms with Crippen molar-refractivity contribution in [3.8, 4) is 11.5 Å². The zero-order valence-corrected chi connectivity index (χ0v) is 20.8. The molecule has 2 aliphatic carbocycles. The topological polar surface area (TPSA) is 197 Å². The predicted octanol–water partition coefficient (Wildman–Crippen LogP) is 0.301. The molecule has 1 fully saturated rings. The Morgan fingerprint density at radius 3 is 2.50 bits per heavy atom. The summed E-state index contributed by atoms with van der Waals surface area (Å²) in [4.78, 5) is 39.6. The average Bonchev–Trinajstić information content (AvgIpc) is 2.86. The summed E-state index contributed by atoms with van der Waals surface area (Å²) in [5, 5.41) is 53.6. The number of benzene rings is 2. The zero-order valence-electron chi connectivity index (χ0n) is 20.8. The van der Waals surface area contributed by atoms with E-state index in [-0.39, 0.29) is 28.7 Å². The lowest BCUT2D eigenvalue weighted by molar-refractivity contribution is -0.247. The van der Waals surface area contributed by atoms with Crippen LogP contribution in [0.4, 0.5) is 0 Å². The van der Waals surface area contributed by atoms with Gasteiger partial charge in [0.1, 0.15) is 23.7 Å². The van der Waals surface area contributed by atoms with E-state index in [1.807, 2.05) is 0 Å². The van der Waals surface area contributed by atoms with Crippen LogP contribution in [0.5, 0.6) is 11.5 Å². The van der Waals surface area contributed by atoms with Crippen LogP contribution in [-0.4, -0.2) is 79.6 Å². The van der Waals surface area contributed by atoms with Gasteiger partial charge in [0, 0.05) is 47.6 Å². The molecule has 11 nitrogen and oxygen atoms in total. The van der Waals surface area contributed by atoms with E-state index in [0.717, 1.165) is 0 Å². The number of aliphatic hydroxyl groups excluding tert-OH is 2. The number of phenolic OH excluding ortho intramolecular Hbond substituents is 2. The predicted molar refractivity (Wildman–Crippen MR) is 130 cm³/mol. The molecule has 202 valence electrons. The number of hydrogen-bond donors (Lipinski definition) is 6. The monoisotopic (exact) mass is 527 g/mol. The van der Waals surface area contributed by atoms with Gasteiger partial charge >= 0.3 is 0 Å². The normalized spacial score (nSPS) is 30.4. The molecular formula is C27H29NO10. The molecular weight excluding hydrogens is 498 g/mol. The van der Waals surface area contributed by atoms with E-state index in [2.05, 4.69) is 0 Å². The summed E-state index contributed by atoms with van der Waals surface area (Å²) in [6, 6.07) is 3.97. The van der Waals surface area contributed by atoms with Gasteiger partial charge in [-0.2, -0.15) is 0 Å². The molecule has 38 heavy (non-hydrogen) atoms. The lowest BCUT2D eigenvalue weighted by Gasteiger charge is -2.42. The minimum atomic E-state index is -2.22. The summed E-state index contributed by atoms with van der Waals surface area (Å²) >= 11 is 0. The Kier molecular flexibility index (Phi) is 6.41. The third-order valence-electron chi connectivity index (χ3n) is 7.83. The van der Waals surface area contributed by atoms with Crippen LogP contribution in [0.3, 0.4) is 0 Å². The molecule has 4 unspecified atom stereocenters. The quantitative estimate of drug-likeness (QED) is 0.255. The molecule has 0 aromatic heterocycles. The molecule has 1 heterocycles. The molecule has 0 radical (unpaired) electrons. The van der Waals surface area contributed by atoms with Gasteiger partial charge in [-0.25, -0.2) is 0 Å². The fraction of sp³-hybridized carbons (Fsp3) is 0.444. The fourth-order valence-electron chi connectivity index (χ4n) is 5.78. The van der Waals surface area contributed by atoms with Gasteiger partial charge < -0.3 is 40.7 Å². The summed E-state index contributed by atoms with van der Waals surface area (Å²) in [5.41, 5.74) is 3.38. The first-order valence-electron chi connectivity index (χ1n) is 12.3. The number of carbonyl (C=O) groups excluding carboxylic acids is 3. The third kappa shape index (κ3) is 3.85. The Balaban J connectivity index is 1.68. The second-order valence-electron chi connectivity index (χ2n) is 10.3. The van der Waals surface area contributed by atoms with Crippen molar-refractivity contribution in [3.05, 3.63) is 57.1 Å². The van der Waals surface area contributed by atoms with Crippen LogP contribution in [0.15, 0.2) is 18.2 Å². The molecule has 0 amide bonds. The van der Waals surface area contributed by atoms with Crippen LogP contribution in [0, 0.1) is 6.92 Å². The summed E-state index contributed by atoms with van der Waals surface area (Å²) in [6.45, 7) is 2.23. The maximum atomic E-state index is 13.6. The molecule has 0 saturated carbocycles. The Morgan fingerprint density at radius 2 is 1.84 bits per heavy atom. The van der Waals surface area contributed by atoms with E-state index in [0.29, 0.717) is 5.56 Å². The average molecular weight is 528 g/mol. The Labute approximate surface area is 217 Å². The zero-order chi connectivity index (χ0) is 27.7. The number of hydrogen-bond acceptors (Lipinski definition) is 11. The van der Waals surface area contributed by atoms with Gasteiger partial charge in [-0.3, -0.25) is 14.4 Å². The second-order valence-corrected chi connectivity index (χ2v) is 10.3. The van der Waals surface area contributed by atoms with Gasteiger partial charge in [0.25, 0.3) is 0 Å². The van der Waals surface area contributed by atoms with E-state index in [1.165, 1.54) is 6.07 Å². The Morgan fingerprint density at radius 1 is 1.16 bits per heavy atom. The van der Waals surface area contributed by atoms with Gasteiger partial charge in [0.15, 0.2) is 23.6 Å². The number of aliphatic hydroxyl groups is 3. The first-order chi connectivity index (χ1) is 17.9. The molecule has 1 saturated heterocycles. The smallest absolute Gasteiger partial charge is 0.198 e. The Bertz CT molecular complexity index is 1360. The molecule has 7 N–H and O–H groups in total. The van der Waals surface area contributed by atoms with Crippen LogP contribution in [-0.2, 0) is 20.7 Å². The second kappa shape index (κ2) is 9.23. The lowest BCUT2D eigenvalue weighted by Crippen LogP contribution is -2.53. The molecule has 11 heteroatoms. The number of fused-ring (bicyclic) bond motifs is 3. The first-order valence-corrected chi connectivity index (χ1v) is 12.3. The van der Waals surface area contributed by atoms with Gasteiger partial charge in [-0.05, 0) is 19.4 Å². The number of rotatable bonds is 4. The molecule has 0 bridgehead atoms. The number of ketones is 3. The number of Topliss-reactive ketones (excluding diaryl/α,β-unsaturated/α-hetero) is 1. The van der Waals surface area contributed by atoms with Crippen molar-refractivity contribution in [2.24, 2.45) is 5.73 Å². The van der Waals surface area contributed by atoms with E-state index in [4.69, 9.17) is 15.2 Å². The van der Waals surface area contributed by atoms with Crippen molar-refractivity contribution in [2.75, 3.05) is 6.61 Å². The fourth-order valence-corrected chi connectivity index (χ4v) is 5.78. The van der Waals surface area contributed by atoms with Crippen LogP contribution >= 0.6 is 0 Å². The summed E-state index contributed by atoms with van der Waals surface area (Å²) in [6.07, 6.45) is -4.98. The van der Waals surface area contributed by atoms with E-state index < -0.39 is 95.7 Å². The van der Waals surface area contributed by atoms with Crippen LogP contribution in [0.25, 0.3) is 0 Å². The standard InChI is InChI=1S/C27H29NO10/c1-10-4-3-5-12-18(10)25(34)21-20(23(12)32)24(33)13-7-27(36,16(30)9-29)8-15(19(13)26(21)35)38-17-6-14(28)22(31)11(2)37-17/h3-5,11,14-15,17,22,29,31,33,35-36H,6-9,28H2,1-2H3/t11?,14?,15-,17?,22?,27-/m0/s1. The molecule has 3 aliphatic rings. The Hall–Kier alpha value is -3.19. The minimum Gasteiger partial charge on any atom is -0.507 e. The molecule has 2 aromatic carbocycles. The van der Waals surface area contributed by atoms with Crippen molar-refractivity contribution in [1.82, 2.24) is 0 Å². The minimum absolute atomic E-state index is 0.0331. The number of phenols is 2. The van der Waals surface area contributed by atoms with E-state index >= 15 is 0 Å². The highest BCUT2D eigenvalue weighted by Gasteiger charge is 2.50. The van der Waals surface area contributed by atoms with E-state index in [1.54, 1.807) is 26.0 Å². The van der Waals surface area contributed by atoms with Crippen molar-refractivity contribution >= 4 is 17.3 Å². The van der Waals surface area contributed by atoms with Crippen molar-refractivity contribution < 1.29 is 49.4 Å². The number of carbonyl (C=O) groups is 3. The first kappa shape index (κ1) is 26.4. The molecule has 1 aliphatic heterocycles. The van der Waals surface area contributed by atoms with Crippen LogP contribution in [0.2, 0.25) is 0 Å².